The third kappa shape index (κ3) is 4.17. The summed E-state index contributed by atoms with van der Waals surface area (Å²) in [6, 6.07) is 19.8. The van der Waals surface area contributed by atoms with E-state index in [-0.39, 0.29) is 16.4 Å². The van der Waals surface area contributed by atoms with Crippen LogP contribution in [-0.2, 0) is 22.0 Å². The molecule has 0 fully saturated rings. The Balaban J connectivity index is 1.87. The molecule has 0 aliphatic rings. The Bertz CT molecular complexity index is 1010. The first-order chi connectivity index (χ1) is 12.4. The molecule has 0 aliphatic heterocycles. The molecule has 0 bridgehead atoms. The van der Waals surface area contributed by atoms with Gasteiger partial charge in [-0.25, -0.2) is 8.42 Å². The number of aryl methyl sites for hydroxylation is 1. The molecule has 3 aromatic carbocycles. The third-order valence-electron chi connectivity index (χ3n) is 4.29. The number of hydrogen-bond acceptors (Lipinski definition) is 3. The van der Waals surface area contributed by atoms with Gasteiger partial charge in [0, 0.05) is 10.0 Å². The van der Waals surface area contributed by atoms with Crippen molar-refractivity contribution in [3.8, 4) is 16.9 Å². The molecule has 0 atom stereocenters. The van der Waals surface area contributed by atoms with Crippen LogP contribution >= 0.6 is 15.9 Å². The molecule has 0 aliphatic carbocycles. The van der Waals surface area contributed by atoms with Gasteiger partial charge in [0.25, 0.3) is 0 Å². The predicted molar refractivity (Wildman–Crippen MR) is 108 cm³/mol. The fraction of sp³-hybridized carbons (Fsp3) is 0.143. The van der Waals surface area contributed by atoms with E-state index in [0.717, 1.165) is 27.6 Å². The third-order valence-corrected chi connectivity index (χ3v) is 6.50. The predicted octanol–water partition coefficient (Wildman–Crippen LogP) is 5.36. The number of aromatic hydroxyl groups is 1. The average Bonchev–Trinajstić information content (AvgIpc) is 2.64. The summed E-state index contributed by atoms with van der Waals surface area (Å²) in [5, 5.41) is 9.99. The minimum Gasteiger partial charge on any atom is -0.508 e. The van der Waals surface area contributed by atoms with Crippen LogP contribution in [0.15, 0.2) is 76.1 Å². The van der Waals surface area contributed by atoms with Crippen LogP contribution in [0.2, 0.25) is 0 Å². The van der Waals surface area contributed by atoms with E-state index in [1.807, 2.05) is 31.2 Å². The summed E-state index contributed by atoms with van der Waals surface area (Å²) < 4.78 is 26.5. The Kier molecular flexibility index (Phi) is 5.49. The van der Waals surface area contributed by atoms with Gasteiger partial charge in [0.2, 0.25) is 0 Å². The Hall–Kier alpha value is -2.11. The number of phenolic OH excluding ortho intramolecular Hbond substituents is 1. The van der Waals surface area contributed by atoms with Gasteiger partial charge in [0.1, 0.15) is 5.75 Å². The lowest BCUT2D eigenvalue weighted by molar-refractivity contribution is 0.469. The molecule has 0 amide bonds. The van der Waals surface area contributed by atoms with Gasteiger partial charge in [-0.2, -0.15) is 0 Å². The summed E-state index contributed by atoms with van der Waals surface area (Å²) in [6.07, 6.45) is 0.787. The zero-order valence-corrected chi connectivity index (χ0v) is 16.7. The van der Waals surface area contributed by atoms with Crippen LogP contribution in [-0.4, -0.2) is 13.5 Å². The number of rotatable bonds is 5. The van der Waals surface area contributed by atoms with Crippen LogP contribution in [0.4, 0.5) is 0 Å². The summed E-state index contributed by atoms with van der Waals surface area (Å²) in [5.74, 6) is -0.207. The van der Waals surface area contributed by atoms with Gasteiger partial charge in [-0.15, -0.1) is 0 Å². The lowest BCUT2D eigenvalue weighted by Crippen LogP contribution is -2.05. The van der Waals surface area contributed by atoms with E-state index in [1.54, 1.807) is 42.5 Å². The van der Waals surface area contributed by atoms with Gasteiger partial charge in [-0.05, 0) is 53.4 Å². The minimum absolute atomic E-state index is 0.0113. The van der Waals surface area contributed by atoms with E-state index in [9.17, 15) is 13.5 Å². The SMILES string of the molecule is CCc1ccc(O)c(CS(=O)(=O)c2ccc(-c3ccc(Br)cc3)cc2)c1. The monoisotopic (exact) mass is 430 g/mol. The van der Waals surface area contributed by atoms with Crippen LogP contribution in [0.5, 0.6) is 5.75 Å². The maximum Gasteiger partial charge on any atom is 0.182 e. The van der Waals surface area contributed by atoms with Crippen LogP contribution in [0.25, 0.3) is 11.1 Å². The molecule has 1 N–H and O–H groups in total. The number of phenols is 1. The van der Waals surface area contributed by atoms with Crippen molar-refractivity contribution in [3.63, 3.8) is 0 Å². The largest absolute Gasteiger partial charge is 0.508 e. The molecule has 0 aromatic heterocycles. The smallest absolute Gasteiger partial charge is 0.182 e. The Morgan fingerprint density at radius 3 is 2.04 bits per heavy atom. The topological polar surface area (TPSA) is 54.4 Å². The second-order valence-corrected chi connectivity index (χ2v) is 9.01. The summed E-state index contributed by atoms with van der Waals surface area (Å²) in [4.78, 5) is 0.250. The highest BCUT2D eigenvalue weighted by molar-refractivity contribution is 9.10. The fourth-order valence-electron chi connectivity index (χ4n) is 2.76. The molecule has 3 nitrogen and oxygen atoms in total. The van der Waals surface area contributed by atoms with Crippen LogP contribution in [0.3, 0.4) is 0 Å². The summed E-state index contributed by atoms with van der Waals surface area (Å²) in [6.45, 7) is 1.99. The maximum atomic E-state index is 12.7. The van der Waals surface area contributed by atoms with E-state index < -0.39 is 9.84 Å². The zero-order chi connectivity index (χ0) is 18.7. The van der Waals surface area contributed by atoms with Gasteiger partial charge >= 0.3 is 0 Å². The number of benzene rings is 3. The van der Waals surface area contributed by atoms with Crippen molar-refractivity contribution >= 4 is 25.8 Å². The molecule has 0 spiro atoms. The van der Waals surface area contributed by atoms with Crippen LogP contribution in [0.1, 0.15) is 18.1 Å². The normalized spacial score (nSPS) is 11.5. The lowest BCUT2D eigenvalue weighted by Gasteiger charge is -2.09. The standard InChI is InChI=1S/C21H19BrO3S/c1-2-15-3-12-21(23)18(13-15)14-26(24,25)20-10-6-17(7-11-20)16-4-8-19(22)9-5-16/h3-13,23H,2,14H2,1H3. The van der Waals surface area contributed by atoms with E-state index in [2.05, 4.69) is 15.9 Å². The van der Waals surface area contributed by atoms with Crippen molar-refractivity contribution < 1.29 is 13.5 Å². The highest BCUT2D eigenvalue weighted by Crippen LogP contribution is 2.27. The zero-order valence-electron chi connectivity index (χ0n) is 14.3. The first-order valence-corrected chi connectivity index (χ1v) is 10.7. The van der Waals surface area contributed by atoms with Gasteiger partial charge in [0.05, 0.1) is 10.6 Å². The van der Waals surface area contributed by atoms with E-state index in [4.69, 9.17) is 0 Å². The highest BCUT2D eigenvalue weighted by atomic mass is 79.9. The molecule has 0 saturated heterocycles. The van der Waals surface area contributed by atoms with Crippen molar-refractivity contribution in [2.24, 2.45) is 0 Å². The van der Waals surface area contributed by atoms with Gasteiger partial charge < -0.3 is 5.11 Å². The Labute approximate surface area is 162 Å². The van der Waals surface area contributed by atoms with Crippen LogP contribution in [0, 0.1) is 0 Å². The molecule has 0 unspecified atom stereocenters. The van der Waals surface area contributed by atoms with Crippen molar-refractivity contribution in [2.45, 2.75) is 24.0 Å². The van der Waals surface area contributed by atoms with E-state index in [0.29, 0.717) is 5.56 Å². The molecular formula is C21H19BrO3S. The molecule has 0 saturated carbocycles. The fourth-order valence-corrected chi connectivity index (χ4v) is 4.38. The van der Waals surface area contributed by atoms with Gasteiger partial charge in [0.15, 0.2) is 9.84 Å². The van der Waals surface area contributed by atoms with Crippen molar-refractivity contribution in [1.82, 2.24) is 0 Å². The molecular weight excluding hydrogens is 412 g/mol. The van der Waals surface area contributed by atoms with Crippen molar-refractivity contribution in [2.75, 3.05) is 0 Å². The molecule has 5 heteroatoms. The number of sulfone groups is 1. The lowest BCUT2D eigenvalue weighted by atomic mass is 10.1. The molecule has 26 heavy (non-hydrogen) atoms. The second kappa shape index (κ2) is 7.64. The van der Waals surface area contributed by atoms with Crippen LogP contribution < -0.4 is 0 Å². The minimum atomic E-state index is -3.53. The highest BCUT2D eigenvalue weighted by Gasteiger charge is 2.18. The van der Waals surface area contributed by atoms with Crippen molar-refractivity contribution in [1.29, 1.82) is 0 Å². The molecule has 134 valence electrons. The maximum absolute atomic E-state index is 12.7. The first-order valence-electron chi connectivity index (χ1n) is 8.28. The first kappa shape index (κ1) is 18.7. The quantitative estimate of drug-likeness (QED) is 0.592. The number of halogens is 1. The molecule has 0 radical (unpaired) electrons. The molecule has 3 aromatic rings. The average molecular weight is 431 g/mol. The molecule has 3 rings (SSSR count). The van der Waals surface area contributed by atoms with E-state index in [1.165, 1.54) is 0 Å². The summed E-state index contributed by atoms with van der Waals surface area (Å²) in [5.41, 5.74) is 3.40. The van der Waals surface area contributed by atoms with Gasteiger partial charge in [-0.1, -0.05) is 59.3 Å². The second-order valence-electron chi connectivity index (χ2n) is 6.11. The summed E-state index contributed by atoms with van der Waals surface area (Å²) >= 11 is 3.40. The number of hydrogen-bond donors (Lipinski definition) is 1. The van der Waals surface area contributed by atoms with E-state index >= 15 is 0 Å². The van der Waals surface area contributed by atoms with Crippen molar-refractivity contribution in [3.05, 3.63) is 82.3 Å². The van der Waals surface area contributed by atoms with Gasteiger partial charge in [-0.3, -0.25) is 0 Å². The Morgan fingerprint density at radius 2 is 1.46 bits per heavy atom. The summed E-state index contributed by atoms with van der Waals surface area (Å²) in [7, 11) is -3.53. The molecule has 0 heterocycles. The Morgan fingerprint density at radius 1 is 0.885 bits per heavy atom.